The normalized spacial score (nSPS) is 10.2. The Kier molecular flexibility index (Phi) is 3.82. The lowest BCUT2D eigenvalue weighted by atomic mass is 10.1. The van der Waals surface area contributed by atoms with Gasteiger partial charge < -0.3 is 5.32 Å². The number of carbonyl (C=O) groups is 1. The van der Waals surface area contributed by atoms with Gasteiger partial charge in [-0.2, -0.15) is 0 Å². The Labute approximate surface area is 115 Å². The highest BCUT2D eigenvalue weighted by atomic mass is 79.9. The molecule has 0 spiro atoms. The van der Waals surface area contributed by atoms with Gasteiger partial charge in [-0.1, -0.05) is 34.1 Å². The first kappa shape index (κ1) is 12.8. The van der Waals surface area contributed by atoms with Crippen LogP contribution in [-0.2, 0) is 0 Å². The van der Waals surface area contributed by atoms with Crippen molar-refractivity contribution in [3.05, 3.63) is 57.6 Å². The number of hydrogen-bond acceptors (Lipinski definition) is 2. The molecule has 2 aromatic rings. The highest BCUT2D eigenvalue weighted by Gasteiger charge is 2.06. The van der Waals surface area contributed by atoms with E-state index in [0.29, 0.717) is 5.56 Å². The summed E-state index contributed by atoms with van der Waals surface area (Å²) in [5.74, 6) is 0. The number of carbonyl (C=O) groups excluding carboxylic acids is 1. The smallest absolute Gasteiger partial charge is 0.152 e. The summed E-state index contributed by atoms with van der Waals surface area (Å²) in [6, 6.07) is 11.8. The zero-order valence-electron chi connectivity index (χ0n) is 10.3. The van der Waals surface area contributed by atoms with E-state index in [1.54, 1.807) is 0 Å². The lowest BCUT2D eigenvalue weighted by Gasteiger charge is -2.14. The molecule has 92 valence electrons. The monoisotopic (exact) mass is 303 g/mol. The highest BCUT2D eigenvalue weighted by molar-refractivity contribution is 9.10. The number of halogens is 1. The Morgan fingerprint density at radius 3 is 2.39 bits per heavy atom. The van der Waals surface area contributed by atoms with Crippen LogP contribution in [0, 0.1) is 13.8 Å². The molecule has 0 unspecified atom stereocenters. The van der Waals surface area contributed by atoms with Gasteiger partial charge in [0.1, 0.15) is 0 Å². The summed E-state index contributed by atoms with van der Waals surface area (Å²) in [5.41, 5.74) is 4.85. The van der Waals surface area contributed by atoms with Crippen LogP contribution in [0.4, 0.5) is 11.4 Å². The Balaban J connectivity index is 2.43. The first-order chi connectivity index (χ1) is 8.61. The van der Waals surface area contributed by atoms with E-state index in [1.165, 1.54) is 0 Å². The van der Waals surface area contributed by atoms with Crippen LogP contribution in [-0.4, -0.2) is 6.29 Å². The van der Waals surface area contributed by atoms with E-state index in [9.17, 15) is 4.79 Å². The predicted octanol–water partition coefficient (Wildman–Crippen LogP) is 4.62. The summed E-state index contributed by atoms with van der Waals surface area (Å²) in [7, 11) is 0. The molecule has 0 bridgehead atoms. The maximum Gasteiger partial charge on any atom is 0.152 e. The highest BCUT2D eigenvalue weighted by Crippen LogP contribution is 2.27. The van der Waals surface area contributed by atoms with Crippen molar-refractivity contribution in [3.8, 4) is 0 Å². The Morgan fingerprint density at radius 1 is 1.11 bits per heavy atom. The van der Waals surface area contributed by atoms with Crippen molar-refractivity contribution in [2.24, 2.45) is 0 Å². The third-order valence-corrected chi connectivity index (χ3v) is 3.37. The molecule has 0 aromatic heterocycles. The molecule has 0 amide bonds. The van der Waals surface area contributed by atoms with Crippen molar-refractivity contribution < 1.29 is 4.79 Å². The van der Waals surface area contributed by atoms with Gasteiger partial charge in [-0.15, -0.1) is 0 Å². The molecular weight excluding hydrogens is 290 g/mol. The third-order valence-electron chi connectivity index (χ3n) is 2.88. The average molecular weight is 304 g/mol. The van der Waals surface area contributed by atoms with Gasteiger partial charge in [-0.05, 0) is 43.2 Å². The SMILES string of the molecule is Cc1cccc(C)c1Nc1ccc(Br)cc1C=O. The van der Waals surface area contributed by atoms with Crippen LogP contribution in [0.2, 0.25) is 0 Å². The molecule has 0 aliphatic carbocycles. The van der Waals surface area contributed by atoms with Crippen LogP contribution < -0.4 is 5.32 Å². The molecule has 0 saturated heterocycles. The topological polar surface area (TPSA) is 29.1 Å². The number of benzene rings is 2. The van der Waals surface area contributed by atoms with Gasteiger partial charge in [0.25, 0.3) is 0 Å². The minimum Gasteiger partial charge on any atom is -0.355 e. The number of para-hydroxylation sites is 1. The van der Waals surface area contributed by atoms with Crippen molar-refractivity contribution in [1.29, 1.82) is 0 Å². The van der Waals surface area contributed by atoms with Gasteiger partial charge in [0.15, 0.2) is 6.29 Å². The van der Waals surface area contributed by atoms with Gasteiger partial charge in [-0.25, -0.2) is 0 Å². The first-order valence-corrected chi connectivity index (χ1v) is 6.49. The van der Waals surface area contributed by atoms with Crippen molar-refractivity contribution in [3.63, 3.8) is 0 Å². The van der Waals surface area contributed by atoms with E-state index in [1.807, 2.05) is 24.3 Å². The Morgan fingerprint density at radius 2 is 1.78 bits per heavy atom. The number of anilines is 2. The Bertz CT molecular complexity index is 573. The molecule has 2 rings (SSSR count). The molecular formula is C15H14BrNO. The van der Waals surface area contributed by atoms with Crippen LogP contribution in [0.1, 0.15) is 21.5 Å². The summed E-state index contributed by atoms with van der Waals surface area (Å²) in [6.45, 7) is 4.10. The number of hydrogen-bond donors (Lipinski definition) is 1. The summed E-state index contributed by atoms with van der Waals surface area (Å²) in [4.78, 5) is 11.1. The second kappa shape index (κ2) is 5.36. The van der Waals surface area contributed by atoms with Crippen LogP contribution >= 0.6 is 15.9 Å². The summed E-state index contributed by atoms with van der Waals surface area (Å²) in [6.07, 6.45) is 0.862. The minimum absolute atomic E-state index is 0.645. The Hall–Kier alpha value is -1.61. The fourth-order valence-electron chi connectivity index (χ4n) is 1.89. The summed E-state index contributed by atoms with van der Waals surface area (Å²) >= 11 is 3.36. The number of nitrogens with one attached hydrogen (secondary N) is 1. The molecule has 0 saturated carbocycles. The second-order valence-corrected chi connectivity index (χ2v) is 5.16. The van der Waals surface area contributed by atoms with Crippen molar-refractivity contribution >= 4 is 33.6 Å². The average Bonchev–Trinajstić information content (AvgIpc) is 2.35. The minimum atomic E-state index is 0.645. The van der Waals surface area contributed by atoms with Gasteiger partial charge in [0.2, 0.25) is 0 Å². The van der Waals surface area contributed by atoms with Crippen molar-refractivity contribution in [2.75, 3.05) is 5.32 Å². The third kappa shape index (κ3) is 2.62. The van der Waals surface area contributed by atoms with Crippen molar-refractivity contribution in [1.82, 2.24) is 0 Å². The molecule has 3 heteroatoms. The van der Waals surface area contributed by atoms with Crippen LogP contribution in [0.25, 0.3) is 0 Å². The fourth-order valence-corrected chi connectivity index (χ4v) is 2.27. The summed E-state index contributed by atoms with van der Waals surface area (Å²) in [5, 5.41) is 3.34. The van der Waals surface area contributed by atoms with E-state index < -0.39 is 0 Å². The maximum absolute atomic E-state index is 11.1. The molecule has 0 fully saturated rings. The van der Waals surface area contributed by atoms with Crippen molar-refractivity contribution in [2.45, 2.75) is 13.8 Å². The summed E-state index contributed by atoms with van der Waals surface area (Å²) < 4.78 is 0.900. The molecule has 0 atom stereocenters. The lowest BCUT2D eigenvalue weighted by Crippen LogP contribution is -1.99. The zero-order valence-corrected chi connectivity index (χ0v) is 11.9. The molecule has 0 heterocycles. The van der Waals surface area contributed by atoms with E-state index in [-0.39, 0.29) is 0 Å². The largest absolute Gasteiger partial charge is 0.355 e. The van der Waals surface area contributed by atoms with Gasteiger partial charge in [0.05, 0.1) is 0 Å². The molecule has 2 aromatic carbocycles. The van der Waals surface area contributed by atoms with E-state index >= 15 is 0 Å². The fraction of sp³-hybridized carbons (Fsp3) is 0.133. The second-order valence-electron chi connectivity index (χ2n) is 4.24. The number of aldehydes is 1. The molecule has 0 aliphatic heterocycles. The van der Waals surface area contributed by atoms with Gasteiger partial charge in [0, 0.05) is 21.4 Å². The lowest BCUT2D eigenvalue weighted by molar-refractivity contribution is 0.112. The molecule has 2 nitrogen and oxygen atoms in total. The quantitative estimate of drug-likeness (QED) is 0.838. The van der Waals surface area contributed by atoms with Crippen LogP contribution in [0.15, 0.2) is 40.9 Å². The van der Waals surface area contributed by atoms with Crippen LogP contribution in [0.3, 0.4) is 0 Å². The van der Waals surface area contributed by atoms with Gasteiger partial charge in [-0.3, -0.25) is 4.79 Å². The maximum atomic E-state index is 11.1. The van der Waals surface area contributed by atoms with E-state index in [2.05, 4.69) is 47.2 Å². The first-order valence-electron chi connectivity index (χ1n) is 5.70. The predicted molar refractivity (Wildman–Crippen MR) is 78.7 cm³/mol. The van der Waals surface area contributed by atoms with E-state index in [0.717, 1.165) is 33.3 Å². The number of rotatable bonds is 3. The molecule has 18 heavy (non-hydrogen) atoms. The molecule has 0 aliphatic rings. The van der Waals surface area contributed by atoms with Gasteiger partial charge >= 0.3 is 0 Å². The van der Waals surface area contributed by atoms with Crippen LogP contribution in [0.5, 0.6) is 0 Å². The standard InChI is InChI=1S/C15H14BrNO/c1-10-4-3-5-11(2)15(10)17-14-7-6-13(16)8-12(14)9-18/h3-9,17H,1-2H3. The van der Waals surface area contributed by atoms with E-state index in [4.69, 9.17) is 0 Å². The zero-order chi connectivity index (χ0) is 13.1. The molecule has 0 radical (unpaired) electrons. The molecule has 1 N–H and O–H groups in total. The number of aryl methyl sites for hydroxylation is 2.